The molecule has 0 N–H and O–H groups in total. The van der Waals surface area contributed by atoms with Crippen LogP contribution >= 0.6 is 0 Å². The van der Waals surface area contributed by atoms with Crippen molar-refractivity contribution in [3.63, 3.8) is 0 Å². The summed E-state index contributed by atoms with van der Waals surface area (Å²) < 4.78 is 40.9. The summed E-state index contributed by atoms with van der Waals surface area (Å²) in [5.41, 5.74) is 3.30. The van der Waals surface area contributed by atoms with Crippen molar-refractivity contribution in [2.75, 3.05) is 0 Å². The number of ether oxygens (including phenoxy) is 2. The fourth-order valence-corrected chi connectivity index (χ4v) is 9.82. The van der Waals surface area contributed by atoms with Crippen molar-refractivity contribution in [3.8, 4) is 22.8 Å². The lowest BCUT2D eigenvalue weighted by atomic mass is 9.84. The average Bonchev–Trinajstić information content (AvgIpc) is 3.36. The zero-order chi connectivity index (χ0) is 49.1. The van der Waals surface area contributed by atoms with Crippen LogP contribution in [-0.2, 0) is 22.3 Å². The van der Waals surface area contributed by atoms with Crippen molar-refractivity contribution < 1.29 is 27.8 Å². The first-order chi connectivity index (χ1) is 33.7. The lowest BCUT2D eigenvalue weighted by Crippen LogP contribution is -2.25. The normalized spacial score (nSPS) is 18.0. The van der Waals surface area contributed by atoms with E-state index in [9.17, 15) is 18.4 Å². The van der Waals surface area contributed by atoms with E-state index in [1.807, 2.05) is 24.8 Å². The fraction of sp³-hybridized carbons (Fsp3) is 0.627. The summed E-state index contributed by atoms with van der Waals surface area (Å²) in [6, 6.07) is 9.06. The summed E-state index contributed by atoms with van der Waals surface area (Å²) >= 11 is 0. The molecule has 10 heteroatoms. The molecular formula is C59H84F2N4O4. The molecule has 0 atom stereocenters. The van der Waals surface area contributed by atoms with Crippen LogP contribution in [0.3, 0.4) is 0 Å². The lowest BCUT2D eigenvalue weighted by molar-refractivity contribution is 0.0147. The molecule has 0 amide bonds. The molecule has 2 saturated carbocycles. The van der Waals surface area contributed by atoms with Gasteiger partial charge < -0.3 is 9.47 Å². The molecule has 2 heterocycles. The molecule has 0 radical (unpaired) electrons. The first-order valence-electron chi connectivity index (χ1n) is 27.3. The maximum absolute atomic E-state index is 14.8. The number of hydrogen-bond donors (Lipinski definition) is 0. The van der Waals surface area contributed by atoms with E-state index in [2.05, 4.69) is 47.6 Å². The Morgan fingerprint density at radius 2 is 0.797 bits per heavy atom. The van der Waals surface area contributed by atoms with Crippen molar-refractivity contribution in [3.05, 3.63) is 95.1 Å². The monoisotopic (exact) mass is 951 g/mol. The molecule has 378 valence electrons. The van der Waals surface area contributed by atoms with Crippen molar-refractivity contribution in [1.82, 2.24) is 19.9 Å². The van der Waals surface area contributed by atoms with E-state index in [0.29, 0.717) is 22.8 Å². The molecule has 0 saturated heterocycles. The van der Waals surface area contributed by atoms with E-state index in [1.165, 1.54) is 133 Å². The quantitative estimate of drug-likeness (QED) is 0.0430. The minimum absolute atomic E-state index is 0.0147. The van der Waals surface area contributed by atoms with Gasteiger partial charge in [-0.3, -0.25) is 0 Å². The lowest BCUT2D eigenvalue weighted by Gasteiger charge is -2.28. The fourth-order valence-electron chi connectivity index (χ4n) is 9.82. The van der Waals surface area contributed by atoms with Crippen molar-refractivity contribution >= 4 is 11.9 Å². The number of aromatic nitrogens is 4. The van der Waals surface area contributed by atoms with Crippen LogP contribution in [0.15, 0.2) is 61.2 Å². The Labute approximate surface area is 414 Å². The predicted octanol–water partition coefficient (Wildman–Crippen LogP) is 16.6. The van der Waals surface area contributed by atoms with E-state index in [1.54, 1.807) is 12.1 Å². The number of unbranched alkanes of at least 4 members (excludes halogenated alkanes) is 13. The number of carbonyl (C=O) groups excluding carboxylic acids is 2. The number of halogens is 2. The highest BCUT2D eigenvalue weighted by atomic mass is 19.1. The molecule has 4 aromatic rings. The van der Waals surface area contributed by atoms with Crippen LogP contribution in [0.1, 0.15) is 233 Å². The number of esters is 2. The molecule has 6 rings (SSSR count). The first kappa shape index (κ1) is 55.3. The van der Waals surface area contributed by atoms with Crippen molar-refractivity contribution in [2.45, 2.75) is 226 Å². The van der Waals surface area contributed by atoms with Gasteiger partial charge in [0, 0.05) is 35.9 Å². The van der Waals surface area contributed by atoms with Gasteiger partial charge >= 0.3 is 11.9 Å². The molecular weight excluding hydrogens is 867 g/mol. The number of carbonyl (C=O) groups is 2. The highest BCUT2D eigenvalue weighted by molar-refractivity contribution is 5.91. The van der Waals surface area contributed by atoms with Gasteiger partial charge in [-0.05, 0) is 124 Å². The van der Waals surface area contributed by atoms with Crippen LogP contribution in [0.5, 0.6) is 0 Å². The smallest absolute Gasteiger partial charge is 0.341 e. The molecule has 8 nitrogen and oxygen atoms in total. The Hall–Kier alpha value is -4.60. The zero-order valence-electron chi connectivity index (χ0n) is 42.8. The van der Waals surface area contributed by atoms with Gasteiger partial charge in [0.2, 0.25) is 0 Å². The minimum Gasteiger partial charge on any atom is -0.459 e. The number of rotatable bonds is 27. The average molecular weight is 951 g/mol. The third-order valence-electron chi connectivity index (χ3n) is 14.3. The van der Waals surface area contributed by atoms with E-state index >= 15 is 0 Å². The Kier molecular flexibility index (Phi) is 25.3. The summed E-state index contributed by atoms with van der Waals surface area (Å²) in [6.45, 7) is 8.89. The Morgan fingerprint density at radius 3 is 1.16 bits per heavy atom. The van der Waals surface area contributed by atoms with Crippen molar-refractivity contribution in [1.29, 1.82) is 0 Å². The van der Waals surface area contributed by atoms with Gasteiger partial charge in [-0.25, -0.2) is 38.3 Å². The van der Waals surface area contributed by atoms with Crippen molar-refractivity contribution in [2.24, 2.45) is 11.8 Å². The van der Waals surface area contributed by atoms with E-state index in [4.69, 9.17) is 9.47 Å². The standard InChI is InChI=1S/C30H43FN2O2.C29H41FN2O2/c1-3-5-7-9-11-13-24-21-32-29(33-22-24)25-16-19-27(28(31)20-25)30(34)35-26-17-14-23(15-18-26)12-10-8-6-4-2;1-3-5-7-8-10-12-23-20-31-28(32-21-23)24-15-18-26(27(30)19-24)29(33)34-25-16-13-22(14-17-25)11-9-6-4-2/h16,19-23,26H,3-15,17-18H2,1-2H3;15,18-22,25H,3-14,16-17H2,1-2H3. The summed E-state index contributed by atoms with van der Waals surface area (Å²) in [5, 5.41) is 0. The van der Waals surface area contributed by atoms with Crippen LogP contribution in [-0.4, -0.2) is 44.1 Å². The molecule has 2 aromatic heterocycles. The topological polar surface area (TPSA) is 104 Å². The van der Waals surface area contributed by atoms with Gasteiger partial charge in [-0.2, -0.15) is 0 Å². The van der Waals surface area contributed by atoms with Gasteiger partial charge in [0.1, 0.15) is 23.8 Å². The van der Waals surface area contributed by atoms with E-state index < -0.39 is 23.6 Å². The second-order valence-electron chi connectivity index (χ2n) is 20.0. The van der Waals surface area contributed by atoms with Gasteiger partial charge in [-0.15, -0.1) is 0 Å². The molecule has 0 bridgehead atoms. The van der Waals surface area contributed by atoms with Crippen LogP contribution in [0.25, 0.3) is 22.8 Å². The SMILES string of the molecule is CCCCCCCc1cnc(-c2ccc(C(=O)OC3CCC(CCCCC)CC3)c(F)c2)nc1.CCCCCCCc1cnc(-c2ccc(C(=O)OC3CCC(CCCCCC)CC3)c(F)c2)nc1. The molecule has 2 aromatic carbocycles. The highest BCUT2D eigenvalue weighted by Crippen LogP contribution is 2.33. The molecule has 0 spiro atoms. The molecule has 2 aliphatic carbocycles. The number of benzene rings is 2. The Bertz CT molecular complexity index is 2060. The van der Waals surface area contributed by atoms with Crippen LogP contribution < -0.4 is 0 Å². The third-order valence-corrected chi connectivity index (χ3v) is 14.3. The molecule has 0 aliphatic heterocycles. The highest BCUT2D eigenvalue weighted by Gasteiger charge is 2.27. The largest absolute Gasteiger partial charge is 0.459 e. The Morgan fingerprint density at radius 1 is 0.464 bits per heavy atom. The van der Waals surface area contributed by atoms with E-state index in [-0.39, 0.29) is 23.3 Å². The zero-order valence-corrected chi connectivity index (χ0v) is 42.8. The molecule has 0 unspecified atom stereocenters. The summed E-state index contributed by atoms with van der Waals surface area (Å²) in [4.78, 5) is 42.9. The van der Waals surface area contributed by atoms with Gasteiger partial charge in [0.05, 0.1) is 11.1 Å². The van der Waals surface area contributed by atoms with Gasteiger partial charge in [0.25, 0.3) is 0 Å². The first-order valence-corrected chi connectivity index (χ1v) is 27.3. The predicted molar refractivity (Wildman–Crippen MR) is 275 cm³/mol. The second kappa shape index (κ2) is 31.6. The van der Waals surface area contributed by atoms with Crippen LogP contribution in [0, 0.1) is 23.5 Å². The molecule has 69 heavy (non-hydrogen) atoms. The summed E-state index contributed by atoms with van der Waals surface area (Å²) in [7, 11) is 0. The summed E-state index contributed by atoms with van der Waals surface area (Å²) in [6.07, 6.45) is 40.7. The maximum atomic E-state index is 14.8. The Balaban J connectivity index is 0.000000258. The van der Waals surface area contributed by atoms with Crippen LogP contribution in [0.4, 0.5) is 8.78 Å². The van der Waals surface area contributed by atoms with Gasteiger partial charge in [-0.1, -0.05) is 149 Å². The van der Waals surface area contributed by atoms with Crippen LogP contribution in [0.2, 0.25) is 0 Å². The maximum Gasteiger partial charge on any atom is 0.341 e. The second-order valence-corrected chi connectivity index (χ2v) is 20.0. The molecule has 2 fully saturated rings. The number of hydrogen-bond acceptors (Lipinski definition) is 8. The van der Waals surface area contributed by atoms with E-state index in [0.717, 1.165) is 100 Å². The number of nitrogens with zero attached hydrogens (tertiary/aromatic N) is 4. The third kappa shape index (κ3) is 19.6. The minimum atomic E-state index is -0.584. The number of aryl methyl sites for hydroxylation is 2. The van der Waals surface area contributed by atoms with Gasteiger partial charge in [0.15, 0.2) is 11.6 Å². The summed E-state index contributed by atoms with van der Waals surface area (Å²) in [5.74, 6) is 0.110. The molecule has 2 aliphatic rings.